The van der Waals surface area contributed by atoms with Crippen LogP contribution in [0.2, 0.25) is 0 Å². The van der Waals surface area contributed by atoms with Gasteiger partial charge in [0.25, 0.3) is 5.56 Å². The maximum atomic E-state index is 13.7. The molecule has 166 valence electrons. The van der Waals surface area contributed by atoms with E-state index >= 15 is 0 Å². The number of imide groups is 2. The van der Waals surface area contributed by atoms with Crippen molar-refractivity contribution in [2.75, 3.05) is 18.5 Å². The van der Waals surface area contributed by atoms with E-state index in [-0.39, 0.29) is 12.0 Å². The van der Waals surface area contributed by atoms with E-state index in [9.17, 15) is 19.2 Å². The predicted molar refractivity (Wildman–Crippen MR) is 119 cm³/mol. The van der Waals surface area contributed by atoms with Gasteiger partial charge in [0.15, 0.2) is 5.41 Å². The van der Waals surface area contributed by atoms with Crippen LogP contribution in [0.25, 0.3) is 5.65 Å². The van der Waals surface area contributed by atoms with Gasteiger partial charge in [0.05, 0.1) is 11.6 Å². The number of anilines is 1. The lowest BCUT2D eigenvalue weighted by Crippen LogP contribution is -2.69. The molecule has 3 aromatic rings. The normalized spacial score (nSPS) is 23.9. The standard InChI is InChI=1S/C24H21N5O4/c1-13-6-5-10-29-18(13)25-19-16(20(29)30)12-24(21(31)26-23(33)27(2)22(24)32)17-15-8-4-3-7-14(15)9-11-28(17)19/h3-8,10,17H,9,11-12H2,1-2H3,(H,26,31,33)/t17-,24-/m0/s1. The van der Waals surface area contributed by atoms with Crippen molar-refractivity contribution in [3.05, 3.63) is 75.2 Å². The molecule has 1 aromatic carbocycles. The molecule has 2 aromatic heterocycles. The molecular weight excluding hydrogens is 422 g/mol. The molecular formula is C24H21N5O4. The molecule has 1 fully saturated rings. The molecule has 1 N–H and O–H groups in total. The van der Waals surface area contributed by atoms with Crippen molar-refractivity contribution in [2.45, 2.75) is 25.8 Å². The second-order valence-corrected chi connectivity index (χ2v) is 8.92. The fraction of sp³-hybridized carbons (Fsp3) is 0.292. The zero-order chi connectivity index (χ0) is 23.1. The topological polar surface area (TPSA) is 104 Å². The molecule has 0 radical (unpaired) electrons. The molecule has 0 bridgehead atoms. The van der Waals surface area contributed by atoms with Crippen molar-refractivity contribution in [1.82, 2.24) is 19.6 Å². The number of benzene rings is 1. The van der Waals surface area contributed by atoms with Gasteiger partial charge in [-0.25, -0.2) is 9.78 Å². The number of aromatic nitrogens is 2. The Hall–Kier alpha value is -4.01. The Bertz CT molecular complexity index is 1460. The van der Waals surface area contributed by atoms with Gasteiger partial charge in [-0.05, 0) is 36.1 Å². The number of hydrogen-bond acceptors (Lipinski definition) is 6. The molecule has 1 spiro atoms. The quantitative estimate of drug-likeness (QED) is 0.526. The van der Waals surface area contributed by atoms with Crippen LogP contribution < -0.4 is 15.8 Å². The first-order chi connectivity index (χ1) is 15.8. The van der Waals surface area contributed by atoms with Crippen LogP contribution in [0.1, 0.15) is 28.3 Å². The highest BCUT2D eigenvalue weighted by atomic mass is 16.2. The summed E-state index contributed by atoms with van der Waals surface area (Å²) in [4.78, 5) is 60.8. The number of aryl methyl sites for hydroxylation is 1. The number of rotatable bonds is 0. The summed E-state index contributed by atoms with van der Waals surface area (Å²) in [5, 5.41) is 2.35. The number of fused-ring (bicyclic) bond motifs is 7. The lowest BCUT2D eigenvalue weighted by atomic mass is 9.65. The van der Waals surface area contributed by atoms with E-state index in [1.165, 1.54) is 11.4 Å². The Kier molecular flexibility index (Phi) is 3.87. The molecule has 1 saturated heterocycles. The Morgan fingerprint density at radius 3 is 2.70 bits per heavy atom. The monoisotopic (exact) mass is 443 g/mol. The maximum Gasteiger partial charge on any atom is 0.330 e. The molecule has 6 rings (SSSR count). The van der Waals surface area contributed by atoms with E-state index in [0.717, 1.165) is 21.6 Å². The zero-order valence-corrected chi connectivity index (χ0v) is 18.2. The van der Waals surface area contributed by atoms with E-state index in [1.54, 1.807) is 12.3 Å². The minimum atomic E-state index is -1.66. The van der Waals surface area contributed by atoms with Crippen LogP contribution in [0.3, 0.4) is 0 Å². The molecule has 0 aliphatic carbocycles. The summed E-state index contributed by atoms with van der Waals surface area (Å²) in [6, 6.07) is 9.91. The molecule has 0 saturated carbocycles. The van der Waals surface area contributed by atoms with Crippen molar-refractivity contribution in [2.24, 2.45) is 5.41 Å². The minimum absolute atomic E-state index is 0.136. The molecule has 9 heteroatoms. The van der Waals surface area contributed by atoms with Crippen LogP contribution in [0.15, 0.2) is 47.4 Å². The number of hydrogen-bond donors (Lipinski definition) is 1. The van der Waals surface area contributed by atoms with Gasteiger partial charge in [-0.2, -0.15) is 0 Å². The molecule has 4 amide bonds. The third-order valence-electron chi connectivity index (χ3n) is 7.22. The Morgan fingerprint density at radius 1 is 1.09 bits per heavy atom. The van der Waals surface area contributed by atoms with Crippen LogP contribution in [0, 0.1) is 12.3 Å². The van der Waals surface area contributed by atoms with E-state index in [4.69, 9.17) is 4.98 Å². The summed E-state index contributed by atoms with van der Waals surface area (Å²) in [6.07, 6.45) is 2.19. The van der Waals surface area contributed by atoms with Crippen molar-refractivity contribution >= 4 is 29.3 Å². The number of carbonyl (C=O) groups excluding carboxylic acids is 3. The first-order valence-electron chi connectivity index (χ1n) is 10.8. The third kappa shape index (κ3) is 2.39. The van der Waals surface area contributed by atoms with Crippen LogP contribution >= 0.6 is 0 Å². The van der Waals surface area contributed by atoms with E-state index < -0.39 is 29.3 Å². The minimum Gasteiger partial charge on any atom is -0.347 e. The largest absolute Gasteiger partial charge is 0.347 e. The Labute approximate surface area is 188 Å². The summed E-state index contributed by atoms with van der Waals surface area (Å²) in [5.74, 6) is -0.788. The van der Waals surface area contributed by atoms with Crippen molar-refractivity contribution in [3.63, 3.8) is 0 Å². The Balaban J connectivity index is 1.70. The van der Waals surface area contributed by atoms with Crippen molar-refractivity contribution in [3.8, 4) is 0 Å². The second-order valence-electron chi connectivity index (χ2n) is 8.92. The summed E-state index contributed by atoms with van der Waals surface area (Å²) in [7, 11) is 1.36. The van der Waals surface area contributed by atoms with Gasteiger partial charge < -0.3 is 4.90 Å². The lowest BCUT2D eigenvalue weighted by molar-refractivity contribution is -0.153. The number of nitrogens with zero attached hydrogens (tertiary/aromatic N) is 4. The van der Waals surface area contributed by atoms with Crippen LogP contribution in [0.5, 0.6) is 0 Å². The van der Waals surface area contributed by atoms with Gasteiger partial charge in [0.1, 0.15) is 11.5 Å². The van der Waals surface area contributed by atoms with E-state index in [2.05, 4.69) is 5.32 Å². The van der Waals surface area contributed by atoms with Crippen LogP contribution in [-0.4, -0.2) is 45.7 Å². The summed E-state index contributed by atoms with van der Waals surface area (Å²) >= 11 is 0. The molecule has 0 unspecified atom stereocenters. The van der Waals surface area contributed by atoms with Gasteiger partial charge >= 0.3 is 6.03 Å². The highest BCUT2D eigenvalue weighted by molar-refractivity contribution is 6.20. The highest BCUT2D eigenvalue weighted by Gasteiger charge is 2.63. The van der Waals surface area contributed by atoms with Crippen molar-refractivity contribution in [1.29, 1.82) is 0 Å². The van der Waals surface area contributed by atoms with Crippen molar-refractivity contribution < 1.29 is 14.4 Å². The van der Waals surface area contributed by atoms with E-state index in [1.807, 2.05) is 42.2 Å². The van der Waals surface area contributed by atoms with E-state index in [0.29, 0.717) is 30.0 Å². The number of amides is 4. The van der Waals surface area contributed by atoms with Gasteiger partial charge in [-0.3, -0.25) is 29.0 Å². The predicted octanol–water partition coefficient (Wildman–Crippen LogP) is 1.36. The first-order valence-corrected chi connectivity index (χ1v) is 10.8. The van der Waals surface area contributed by atoms with Gasteiger partial charge in [-0.15, -0.1) is 0 Å². The Morgan fingerprint density at radius 2 is 1.88 bits per heavy atom. The average molecular weight is 443 g/mol. The fourth-order valence-corrected chi connectivity index (χ4v) is 5.60. The SMILES string of the molecule is Cc1cccn2c(=O)c3c(nc12)N1CCc2ccccc2[C@H]1[C@@]1(C3)C(=O)NC(=O)N(C)C1=O. The summed E-state index contributed by atoms with van der Waals surface area (Å²) < 4.78 is 1.46. The summed E-state index contributed by atoms with van der Waals surface area (Å²) in [6.45, 7) is 2.38. The van der Waals surface area contributed by atoms with Gasteiger partial charge in [0, 0.05) is 26.2 Å². The van der Waals surface area contributed by atoms with Crippen LogP contribution in [0.4, 0.5) is 10.6 Å². The molecule has 9 nitrogen and oxygen atoms in total. The number of urea groups is 1. The molecule has 3 aliphatic rings. The third-order valence-corrected chi connectivity index (χ3v) is 7.22. The van der Waals surface area contributed by atoms with Gasteiger partial charge in [0.2, 0.25) is 11.8 Å². The maximum absolute atomic E-state index is 13.7. The molecule has 5 heterocycles. The molecule has 3 aliphatic heterocycles. The summed E-state index contributed by atoms with van der Waals surface area (Å²) in [5.41, 5.74) is 1.61. The van der Waals surface area contributed by atoms with Gasteiger partial charge in [-0.1, -0.05) is 30.3 Å². The average Bonchev–Trinajstić information content (AvgIpc) is 2.82. The lowest BCUT2D eigenvalue weighted by Gasteiger charge is -2.52. The number of carbonyl (C=O) groups is 3. The molecule has 2 atom stereocenters. The molecule has 33 heavy (non-hydrogen) atoms. The smallest absolute Gasteiger partial charge is 0.330 e. The zero-order valence-electron chi connectivity index (χ0n) is 18.2. The number of barbiturate groups is 1. The van der Waals surface area contributed by atoms with Crippen LogP contribution in [-0.2, 0) is 22.4 Å². The number of nitrogens with one attached hydrogen (secondary N) is 1. The fourth-order valence-electron chi connectivity index (χ4n) is 5.60. The first kappa shape index (κ1) is 19.7. The second kappa shape index (κ2) is 6.50. The highest BCUT2D eigenvalue weighted by Crippen LogP contribution is 2.52. The number of pyridine rings is 1.